The van der Waals surface area contributed by atoms with Crippen molar-refractivity contribution in [3.05, 3.63) is 72.1 Å². The van der Waals surface area contributed by atoms with Crippen molar-refractivity contribution >= 4 is 11.4 Å². The van der Waals surface area contributed by atoms with Crippen LogP contribution in [-0.2, 0) is 0 Å². The van der Waals surface area contributed by atoms with Gasteiger partial charge in [-0.3, -0.25) is 4.79 Å². The number of pyridine rings is 1. The summed E-state index contributed by atoms with van der Waals surface area (Å²) < 4.78 is 7.45. The van der Waals surface area contributed by atoms with Crippen LogP contribution in [0.3, 0.4) is 0 Å². The number of fused-ring (bicyclic) bond motifs is 1. The highest BCUT2D eigenvalue weighted by atomic mass is 16.5. The molecule has 25 heavy (non-hydrogen) atoms. The first-order valence-electron chi connectivity index (χ1n) is 8.48. The molecule has 0 aliphatic carbocycles. The van der Waals surface area contributed by atoms with E-state index in [1.165, 1.54) is 0 Å². The lowest BCUT2D eigenvalue weighted by molar-refractivity contribution is 0.0702. The molecule has 1 unspecified atom stereocenters. The van der Waals surface area contributed by atoms with Gasteiger partial charge in [0.1, 0.15) is 5.75 Å². The molecule has 1 aliphatic heterocycles. The monoisotopic (exact) mass is 335 g/mol. The van der Waals surface area contributed by atoms with Gasteiger partial charge in [0.15, 0.2) is 0 Å². The van der Waals surface area contributed by atoms with Gasteiger partial charge >= 0.3 is 0 Å². The van der Waals surface area contributed by atoms with E-state index in [2.05, 4.69) is 11.4 Å². The fraction of sp³-hybridized carbons (Fsp3) is 0.250. The average molecular weight is 335 g/mol. The Morgan fingerprint density at radius 2 is 2.04 bits per heavy atom. The molecule has 5 nitrogen and oxygen atoms in total. The number of aromatic nitrogens is 1. The zero-order valence-electron chi connectivity index (χ0n) is 14.2. The second-order valence-corrected chi connectivity index (χ2v) is 6.26. The number of nitrogens with zero attached hydrogens (tertiary/aromatic N) is 2. The number of ether oxygens (including phenoxy) is 1. The molecule has 1 aliphatic rings. The van der Waals surface area contributed by atoms with Crippen molar-refractivity contribution in [2.75, 3.05) is 26.7 Å². The maximum Gasteiger partial charge on any atom is 0.255 e. The standard InChI is InChI=1S/C20H21N3O2/c1-25-19-8-3-2-7-17(19)18-14-23(11-9-21-18)20(24)15-12-16-6-4-5-10-22(16)13-15/h2-8,10,12-13,18,21H,9,11,14H2,1H3. The van der Waals surface area contributed by atoms with Crippen LogP contribution >= 0.6 is 0 Å². The lowest BCUT2D eigenvalue weighted by Crippen LogP contribution is -2.48. The van der Waals surface area contributed by atoms with Crippen LogP contribution in [0.4, 0.5) is 0 Å². The third-order valence-corrected chi connectivity index (χ3v) is 4.73. The summed E-state index contributed by atoms with van der Waals surface area (Å²) in [7, 11) is 1.68. The minimum absolute atomic E-state index is 0.0742. The third-order valence-electron chi connectivity index (χ3n) is 4.73. The molecule has 0 saturated carbocycles. The lowest BCUT2D eigenvalue weighted by atomic mass is 10.0. The molecule has 1 amide bonds. The number of amides is 1. The van der Waals surface area contributed by atoms with Crippen molar-refractivity contribution in [3.63, 3.8) is 0 Å². The maximum atomic E-state index is 13.0. The van der Waals surface area contributed by atoms with Gasteiger partial charge in [-0.2, -0.15) is 0 Å². The largest absolute Gasteiger partial charge is 0.496 e. The van der Waals surface area contributed by atoms with Crippen LogP contribution in [0.15, 0.2) is 60.9 Å². The van der Waals surface area contributed by atoms with E-state index in [-0.39, 0.29) is 11.9 Å². The summed E-state index contributed by atoms with van der Waals surface area (Å²) in [5.41, 5.74) is 2.85. The number of piperazine rings is 1. The summed E-state index contributed by atoms with van der Waals surface area (Å²) in [6.45, 7) is 2.10. The Kier molecular flexibility index (Phi) is 4.15. The number of para-hydroxylation sites is 1. The van der Waals surface area contributed by atoms with Gasteiger partial charge in [0, 0.05) is 43.1 Å². The van der Waals surface area contributed by atoms with Crippen LogP contribution in [0.1, 0.15) is 22.0 Å². The molecular formula is C20H21N3O2. The Morgan fingerprint density at radius 3 is 2.88 bits per heavy atom. The van der Waals surface area contributed by atoms with Gasteiger partial charge in [-0.05, 0) is 24.3 Å². The molecular weight excluding hydrogens is 314 g/mol. The van der Waals surface area contributed by atoms with E-state index in [0.717, 1.165) is 28.9 Å². The van der Waals surface area contributed by atoms with Crippen molar-refractivity contribution in [2.24, 2.45) is 0 Å². The molecule has 1 fully saturated rings. The highest BCUT2D eigenvalue weighted by molar-refractivity contribution is 5.95. The van der Waals surface area contributed by atoms with Gasteiger partial charge in [-0.25, -0.2) is 0 Å². The summed E-state index contributed by atoms with van der Waals surface area (Å²) in [5.74, 6) is 0.925. The Morgan fingerprint density at radius 1 is 1.20 bits per heavy atom. The summed E-state index contributed by atoms with van der Waals surface area (Å²) in [6.07, 6.45) is 3.86. The van der Waals surface area contributed by atoms with E-state index in [1.54, 1.807) is 7.11 Å². The van der Waals surface area contributed by atoms with Crippen molar-refractivity contribution in [3.8, 4) is 5.75 Å². The van der Waals surface area contributed by atoms with E-state index >= 15 is 0 Å². The van der Waals surface area contributed by atoms with E-state index in [1.807, 2.05) is 64.2 Å². The van der Waals surface area contributed by atoms with E-state index in [4.69, 9.17) is 4.74 Å². The number of carbonyl (C=O) groups excluding carboxylic acids is 1. The third kappa shape index (κ3) is 2.98. The summed E-state index contributed by atoms with van der Waals surface area (Å²) in [5, 5.41) is 3.49. The smallest absolute Gasteiger partial charge is 0.255 e. The van der Waals surface area contributed by atoms with E-state index < -0.39 is 0 Å². The van der Waals surface area contributed by atoms with Gasteiger partial charge in [0.25, 0.3) is 5.91 Å². The quantitative estimate of drug-likeness (QED) is 0.800. The van der Waals surface area contributed by atoms with Crippen molar-refractivity contribution < 1.29 is 9.53 Å². The van der Waals surface area contributed by atoms with E-state index in [9.17, 15) is 4.79 Å². The molecule has 0 spiro atoms. The molecule has 2 aromatic heterocycles. The molecule has 128 valence electrons. The summed E-state index contributed by atoms with van der Waals surface area (Å²) in [6, 6.07) is 15.9. The molecule has 1 saturated heterocycles. The van der Waals surface area contributed by atoms with Crippen LogP contribution in [0.5, 0.6) is 5.75 Å². The average Bonchev–Trinajstić information content (AvgIpc) is 3.11. The van der Waals surface area contributed by atoms with Crippen molar-refractivity contribution in [1.29, 1.82) is 0 Å². The zero-order valence-corrected chi connectivity index (χ0v) is 14.2. The minimum Gasteiger partial charge on any atom is -0.496 e. The Hall–Kier alpha value is -2.79. The van der Waals surface area contributed by atoms with Crippen molar-refractivity contribution in [1.82, 2.24) is 14.6 Å². The van der Waals surface area contributed by atoms with Crippen LogP contribution in [0.2, 0.25) is 0 Å². The van der Waals surface area contributed by atoms with Crippen LogP contribution < -0.4 is 10.1 Å². The Bertz CT molecular complexity index is 870. The summed E-state index contributed by atoms with van der Waals surface area (Å²) >= 11 is 0. The first-order valence-corrected chi connectivity index (χ1v) is 8.48. The van der Waals surface area contributed by atoms with Gasteiger partial charge in [-0.15, -0.1) is 0 Å². The number of hydrogen-bond donors (Lipinski definition) is 1. The zero-order chi connectivity index (χ0) is 17.2. The molecule has 3 heterocycles. The predicted octanol–water partition coefficient (Wildman–Crippen LogP) is 2.73. The van der Waals surface area contributed by atoms with Gasteiger partial charge in [0.2, 0.25) is 0 Å². The van der Waals surface area contributed by atoms with Gasteiger partial charge < -0.3 is 19.4 Å². The fourth-order valence-corrected chi connectivity index (χ4v) is 3.45. The Labute approximate surface area is 146 Å². The first-order chi connectivity index (χ1) is 12.3. The maximum absolute atomic E-state index is 13.0. The molecule has 4 rings (SSSR count). The normalized spacial score (nSPS) is 17.6. The number of hydrogen-bond acceptors (Lipinski definition) is 3. The van der Waals surface area contributed by atoms with Gasteiger partial charge in [0.05, 0.1) is 18.7 Å². The highest BCUT2D eigenvalue weighted by Crippen LogP contribution is 2.27. The van der Waals surface area contributed by atoms with Crippen LogP contribution in [-0.4, -0.2) is 42.0 Å². The molecule has 0 radical (unpaired) electrons. The Balaban J connectivity index is 1.57. The number of methoxy groups -OCH3 is 1. The van der Waals surface area contributed by atoms with Gasteiger partial charge in [-0.1, -0.05) is 24.3 Å². The molecule has 0 bridgehead atoms. The molecule has 1 aromatic carbocycles. The lowest BCUT2D eigenvalue weighted by Gasteiger charge is -2.34. The number of benzene rings is 1. The van der Waals surface area contributed by atoms with Crippen LogP contribution in [0, 0.1) is 0 Å². The molecule has 5 heteroatoms. The highest BCUT2D eigenvalue weighted by Gasteiger charge is 2.27. The number of rotatable bonds is 3. The number of nitrogens with one attached hydrogen (secondary N) is 1. The van der Waals surface area contributed by atoms with E-state index in [0.29, 0.717) is 13.1 Å². The predicted molar refractivity (Wildman–Crippen MR) is 97.0 cm³/mol. The molecule has 1 N–H and O–H groups in total. The second-order valence-electron chi connectivity index (χ2n) is 6.26. The second kappa shape index (κ2) is 6.61. The minimum atomic E-state index is 0.0742. The molecule has 1 atom stereocenters. The molecule has 3 aromatic rings. The fourth-order valence-electron chi connectivity index (χ4n) is 3.45. The van der Waals surface area contributed by atoms with Crippen molar-refractivity contribution in [2.45, 2.75) is 6.04 Å². The summed E-state index contributed by atoms with van der Waals surface area (Å²) in [4.78, 5) is 14.9. The SMILES string of the molecule is COc1ccccc1C1CN(C(=O)c2cc3ccccn3c2)CCN1. The van der Waals surface area contributed by atoms with Crippen LogP contribution in [0.25, 0.3) is 5.52 Å². The first kappa shape index (κ1) is 15.7. The number of carbonyl (C=O) groups is 1. The topological polar surface area (TPSA) is 46.0 Å².